The van der Waals surface area contributed by atoms with Crippen LogP contribution in [0.15, 0.2) is 4.90 Å². The number of hydrogen-bond acceptors (Lipinski definition) is 3. The first-order valence-corrected chi connectivity index (χ1v) is 7.75. The highest BCUT2D eigenvalue weighted by atomic mass is 32.2. The normalized spacial score (nSPS) is 19.0. The summed E-state index contributed by atoms with van der Waals surface area (Å²) in [6.45, 7) is 1.58. The van der Waals surface area contributed by atoms with Gasteiger partial charge in [0.25, 0.3) is 0 Å². The molecule has 1 fully saturated rings. The van der Waals surface area contributed by atoms with Crippen molar-refractivity contribution >= 4 is 11.8 Å². The molecule has 21 heavy (non-hydrogen) atoms. The molecule has 0 radical (unpaired) electrons. The average Bonchev–Trinajstić information content (AvgIpc) is 2.51. The van der Waals surface area contributed by atoms with Gasteiger partial charge >= 0.3 is 0 Å². The van der Waals surface area contributed by atoms with Crippen molar-refractivity contribution in [2.45, 2.75) is 44.0 Å². The van der Waals surface area contributed by atoms with Crippen LogP contribution in [0.3, 0.4) is 0 Å². The molecule has 0 amide bonds. The Morgan fingerprint density at radius 1 is 1.10 bits per heavy atom. The maximum Gasteiger partial charge on any atom is 0.175 e. The average molecular weight is 324 g/mol. The van der Waals surface area contributed by atoms with Gasteiger partial charge < -0.3 is 9.47 Å². The second kappa shape index (κ2) is 7.47. The summed E-state index contributed by atoms with van der Waals surface area (Å²) in [5.41, 5.74) is -0.736. The van der Waals surface area contributed by atoms with Gasteiger partial charge in [0.15, 0.2) is 29.6 Å². The predicted molar refractivity (Wildman–Crippen MR) is 71.1 cm³/mol. The van der Waals surface area contributed by atoms with Crippen LogP contribution in [0.4, 0.5) is 17.6 Å². The van der Waals surface area contributed by atoms with E-state index in [4.69, 9.17) is 9.47 Å². The van der Waals surface area contributed by atoms with Crippen molar-refractivity contribution in [3.63, 3.8) is 0 Å². The Kier molecular flexibility index (Phi) is 5.89. The van der Waals surface area contributed by atoms with E-state index >= 15 is 0 Å². The van der Waals surface area contributed by atoms with Gasteiger partial charge in [-0.3, -0.25) is 0 Å². The number of hydrogen-bond donors (Lipinski definition) is 0. The van der Waals surface area contributed by atoms with Crippen LogP contribution in [0.2, 0.25) is 0 Å². The second-order valence-corrected chi connectivity index (χ2v) is 5.88. The summed E-state index contributed by atoms with van der Waals surface area (Å²) in [5, 5.41) is 0. The fourth-order valence-corrected chi connectivity index (χ4v) is 2.80. The Morgan fingerprint density at radius 2 is 1.76 bits per heavy atom. The molecule has 0 spiro atoms. The van der Waals surface area contributed by atoms with E-state index in [0.29, 0.717) is 30.5 Å². The van der Waals surface area contributed by atoms with E-state index in [9.17, 15) is 17.6 Å². The van der Waals surface area contributed by atoms with Crippen LogP contribution < -0.4 is 0 Å². The Labute approximate surface area is 124 Å². The van der Waals surface area contributed by atoms with Crippen molar-refractivity contribution in [1.82, 2.24) is 0 Å². The van der Waals surface area contributed by atoms with Crippen LogP contribution in [0.25, 0.3) is 0 Å². The largest absolute Gasteiger partial charge is 0.353 e. The molecule has 1 aromatic rings. The first kappa shape index (κ1) is 16.6. The molecular formula is C14H16F4O2S. The predicted octanol–water partition coefficient (Wildman–Crippen LogP) is 4.40. The van der Waals surface area contributed by atoms with Crippen LogP contribution in [0.5, 0.6) is 0 Å². The Hall–Kier alpha value is -0.790. The molecule has 0 aromatic heterocycles. The lowest BCUT2D eigenvalue weighted by atomic mass is 10.2. The highest BCUT2D eigenvalue weighted by Crippen LogP contribution is 2.32. The summed E-state index contributed by atoms with van der Waals surface area (Å²) in [7, 11) is 0. The van der Waals surface area contributed by atoms with Crippen molar-refractivity contribution in [1.29, 1.82) is 0 Å². The molecule has 0 aliphatic carbocycles. The lowest BCUT2D eigenvalue weighted by Gasteiger charge is -2.23. The van der Waals surface area contributed by atoms with Gasteiger partial charge in [0.2, 0.25) is 0 Å². The molecule has 1 aliphatic rings. The van der Waals surface area contributed by atoms with Crippen molar-refractivity contribution in [2.75, 3.05) is 12.4 Å². The Bertz CT molecular complexity index is 475. The fraction of sp³-hybridized carbons (Fsp3) is 0.571. The summed E-state index contributed by atoms with van der Waals surface area (Å²) in [6, 6.07) is 0. The second-order valence-electron chi connectivity index (χ2n) is 4.60. The molecule has 1 unspecified atom stereocenters. The summed E-state index contributed by atoms with van der Waals surface area (Å²) >= 11 is 0.716. The molecule has 1 saturated heterocycles. The van der Waals surface area contributed by atoms with Crippen LogP contribution in [-0.4, -0.2) is 18.6 Å². The summed E-state index contributed by atoms with van der Waals surface area (Å²) in [6.07, 6.45) is 1.78. The molecule has 2 nitrogen and oxygen atoms in total. The van der Waals surface area contributed by atoms with Gasteiger partial charge in [-0.1, -0.05) is 6.92 Å². The van der Waals surface area contributed by atoms with E-state index in [1.807, 2.05) is 0 Å². The highest BCUT2D eigenvalue weighted by molar-refractivity contribution is 7.99. The van der Waals surface area contributed by atoms with E-state index in [-0.39, 0.29) is 0 Å². The molecule has 0 bridgehead atoms. The molecular weight excluding hydrogens is 308 g/mol. The molecule has 1 aromatic carbocycles. The highest BCUT2D eigenvalue weighted by Gasteiger charge is 2.26. The zero-order chi connectivity index (χ0) is 15.4. The maximum atomic E-state index is 13.9. The van der Waals surface area contributed by atoms with Crippen molar-refractivity contribution < 1.29 is 27.0 Å². The van der Waals surface area contributed by atoms with Gasteiger partial charge in [-0.05, 0) is 25.0 Å². The van der Waals surface area contributed by atoms with Crippen LogP contribution in [0, 0.1) is 23.3 Å². The van der Waals surface area contributed by atoms with E-state index in [2.05, 4.69) is 0 Å². The van der Waals surface area contributed by atoms with Gasteiger partial charge in [-0.25, -0.2) is 17.6 Å². The third-order valence-corrected chi connectivity index (χ3v) is 4.09. The minimum Gasteiger partial charge on any atom is -0.353 e. The standard InChI is InChI=1S/C14H16F4O2S/c1-2-21-14-12(17)10(15)8(11(16)13(14)18)7-20-9-5-3-4-6-19-9/h9H,2-7H2,1H3. The van der Waals surface area contributed by atoms with E-state index in [0.717, 1.165) is 12.8 Å². The molecule has 0 saturated carbocycles. The number of rotatable bonds is 5. The lowest BCUT2D eigenvalue weighted by molar-refractivity contribution is -0.169. The van der Waals surface area contributed by atoms with Crippen molar-refractivity contribution in [2.24, 2.45) is 0 Å². The molecule has 118 valence electrons. The van der Waals surface area contributed by atoms with Gasteiger partial charge in [-0.15, -0.1) is 11.8 Å². The third kappa shape index (κ3) is 3.70. The van der Waals surface area contributed by atoms with E-state index in [1.165, 1.54) is 0 Å². The molecule has 1 atom stereocenters. The van der Waals surface area contributed by atoms with Gasteiger partial charge in [0.1, 0.15) is 0 Å². The molecule has 0 N–H and O–H groups in total. The fourth-order valence-electron chi connectivity index (χ4n) is 2.07. The number of ether oxygens (including phenoxy) is 2. The quantitative estimate of drug-likeness (QED) is 0.454. The zero-order valence-corrected chi connectivity index (χ0v) is 12.4. The lowest BCUT2D eigenvalue weighted by Crippen LogP contribution is -2.22. The topological polar surface area (TPSA) is 18.5 Å². The maximum absolute atomic E-state index is 13.9. The van der Waals surface area contributed by atoms with Crippen LogP contribution in [-0.2, 0) is 16.1 Å². The summed E-state index contributed by atoms with van der Waals surface area (Å²) in [4.78, 5) is -0.634. The SMILES string of the molecule is CCSc1c(F)c(F)c(COC2CCCCO2)c(F)c1F. The van der Waals surface area contributed by atoms with Crippen molar-refractivity contribution in [3.8, 4) is 0 Å². The Balaban J connectivity index is 2.19. The Morgan fingerprint density at radius 3 is 2.29 bits per heavy atom. The molecule has 1 aliphatic heterocycles. The smallest absolute Gasteiger partial charge is 0.175 e. The van der Waals surface area contributed by atoms with Crippen LogP contribution >= 0.6 is 11.8 Å². The van der Waals surface area contributed by atoms with Gasteiger partial charge in [0.05, 0.1) is 17.1 Å². The first-order chi connectivity index (χ1) is 10.1. The van der Waals surface area contributed by atoms with Gasteiger partial charge in [0, 0.05) is 6.61 Å². The van der Waals surface area contributed by atoms with Gasteiger partial charge in [-0.2, -0.15) is 0 Å². The van der Waals surface area contributed by atoms with E-state index < -0.39 is 46.6 Å². The van der Waals surface area contributed by atoms with Crippen LogP contribution in [0.1, 0.15) is 31.7 Å². The monoisotopic (exact) mass is 324 g/mol. The molecule has 2 rings (SSSR count). The molecule has 1 heterocycles. The first-order valence-electron chi connectivity index (χ1n) is 6.77. The number of benzene rings is 1. The van der Waals surface area contributed by atoms with Crippen molar-refractivity contribution in [3.05, 3.63) is 28.8 Å². The third-order valence-electron chi connectivity index (χ3n) is 3.15. The summed E-state index contributed by atoms with van der Waals surface area (Å²) < 4.78 is 65.7. The summed E-state index contributed by atoms with van der Waals surface area (Å²) in [5.74, 6) is -5.24. The minimum absolute atomic E-state index is 0.304. The number of halogens is 4. The minimum atomic E-state index is -1.40. The van der Waals surface area contributed by atoms with E-state index in [1.54, 1.807) is 6.92 Å². The zero-order valence-electron chi connectivity index (χ0n) is 11.6. The number of thioether (sulfide) groups is 1. The molecule has 7 heteroatoms.